The first-order valence-corrected chi connectivity index (χ1v) is 6.68. The van der Waals surface area contributed by atoms with E-state index in [1.54, 1.807) is 7.05 Å². The van der Waals surface area contributed by atoms with Crippen LogP contribution in [-0.4, -0.2) is 37.6 Å². The molecule has 1 aromatic carbocycles. The summed E-state index contributed by atoms with van der Waals surface area (Å²) < 4.78 is 43.8. The molecule has 1 amide bonds. The van der Waals surface area contributed by atoms with Gasteiger partial charge in [0.05, 0.1) is 25.2 Å². The van der Waals surface area contributed by atoms with Gasteiger partial charge >= 0.3 is 6.18 Å². The lowest BCUT2D eigenvalue weighted by molar-refractivity contribution is -0.142. The van der Waals surface area contributed by atoms with Gasteiger partial charge in [-0.3, -0.25) is 4.79 Å². The Kier molecular flexibility index (Phi) is 4.27. The van der Waals surface area contributed by atoms with Crippen LogP contribution in [0.4, 0.5) is 13.2 Å². The minimum Gasteiger partial charge on any atom is -0.380 e. The molecule has 1 heterocycles. The lowest BCUT2D eigenvalue weighted by Gasteiger charge is -2.40. The minimum atomic E-state index is -4.44. The van der Waals surface area contributed by atoms with E-state index >= 15 is 0 Å². The summed E-state index contributed by atoms with van der Waals surface area (Å²) in [7, 11) is 1.61. The van der Waals surface area contributed by atoms with Gasteiger partial charge in [0.1, 0.15) is 0 Å². The highest BCUT2D eigenvalue weighted by Crippen LogP contribution is 2.32. The Labute approximate surface area is 121 Å². The van der Waals surface area contributed by atoms with Crippen molar-refractivity contribution < 1.29 is 22.7 Å². The second kappa shape index (κ2) is 5.67. The molecule has 0 saturated carbocycles. The number of hydrogen-bond acceptors (Lipinski definition) is 2. The van der Waals surface area contributed by atoms with Gasteiger partial charge in [-0.25, -0.2) is 0 Å². The van der Waals surface area contributed by atoms with Crippen LogP contribution in [0, 0.1) is 5.41 Å². The summed E-state index contributed by atoms with van der Waals surface area (Å²) in [6, 6.07) is 5.19. The van der Waals surface area contributed by atoms with Gasteiger partial charge in [-0.15, -0.1) is 0 Å². The highest BCUT2D eigenvalue weighted by molar-refractivity contribution is 5.79. The van der Waals surface area contributed by atoms with Crippen LogP contribution in [0.15, 0.2) is 24.3 Å². The number of hydrogen-bond donors (Lipinski definition) is 0. The zero-order valence-electron chi connectivity index (χ0n) is 12.0. The average Bonchev–Trinajstić information content (AvgIpc) is 2.36. The summed E-state index contributed by atoms with van der Waals surface area (Å²) in [5.41, 5.74) is -0.824. The first-order chi connectivity index (χ1) is 9.71. The third-order valence-electron chi connectivity index (χ3n) is 3.61. The molecule has 1 aliphatic rings. The number of nitrogens with zero attached hydrogens (tertiary/aromatic N) is 1. The maximum atomic E-state index is 12.9. The summed E-state index contributed by atoms with van der Waals surface area (Å²) in [4.78, 5) is 13.6. The molecule has 1 aliphatic heterocycles. The van der Waals surface area contributed by atoms with Gasteiger partial charge in [-0.2, -0.15) is 13.2 Å². The van der Waals surface area contributed by atoms with Gasteiger partial charge < -0.3 is 9.64 Å². The number of alkyl halides is 3. The van der Waals surface area contributed by atoms with E-state index in [0.717, 1.165) is 6.07 Å². The van der Waals surface area contributed by atoms with Gasteiger partial charge in [0.15, 0.2) is 0 Å². The van der Waals surface area contributed by atoms with Gasteiger partial charge in [-0.1, -0.05) is 25.1 Å². The first kappa shape index (κ1) is 15.8. The highest BCUT2D eigenvalue weighted by Gasteiger charge is 2.36. The molecule has 0 aromatic heterocycles. The van der Waals surface area contributed by atoms with Crippen molar-refractivity contribution in [3.63, 3.8) is 0 Å². The molecule has 0 bridgehead atoms. The van der Waals surface area contributed by atoms with Crippen LogP contribution in [0.25, 0.3) is 0 Å². The molecule has 1 saturated heterocycles. The molecular formula is C15H18F3NO2. The zero-order valence-corrected chi connectivity index (χ0v) is 12.0. The molecule has 116 valence electrons. The number of ether oxygens (including phenoxy) is 1. The predicted molar refractivity (Wildman–Crippen MR) is 71.7 cm³/mol. The Hall–Kier alpha value is -1.56. The van der Waals surface area contributed by atoms with Crippen LogP contribution in [-0.2, 0) is 22.1 Å². The Morgan fingerprint density at radius 3 is 2.48 bits per heavy atom. The number of carbonyl (C=O) groups is 1. The van der Waals surface area contributed by atoms with Crippen LogP contribution < -0.4 is 0 Å². The van der Waals surface area contributed by atoms with Crippen molar-refractivity contribution in [2.75, 3.05) is 26.8 Å². The fourth-order valence-corrected chi connectivity index (χ4v) is 2.45. The average molecular weight is 301 g/mol. The molecule has 21 heavy (non-hydrogen) atoms. The van der Waals surface area contributed by atoms with E-state index in [9.17, 15) is 18.0 Å². The molecule has 0 N–H and O–H groups in total. The third-order valence-corrected chi connectivity index (χ3v) is 3.61. The lowest BCUT2D eigenvalue weighted by atomic mass is 9.88. The van der Waals surface area contributed by atoms with Crippen LogP contribution in [0.2, 0.25) is 0 Å². The summed E-state index contributed by atoms with van der Waals surface area (Å²) in [6.45, 7) is 3.62. The Balaban J connectivity index is 2.06. The number of rotatable bonds is 4. The van der Waals surface area contributed by atoms with E-state index in [2.05, 4.69) is 0 Å². The second-order valence-electron chi connectivity index (χ2n) is 5.88. The molecule has 0 spiro atoms. The second-order valence-corrected chi connectivity index (χ2v) is 5.88. The van der Waals surface area contributed by atoms with E-state index in [4.69, 9.17) is 4.74 Å². The van der Waals surface area contributed by atoms with Gasteiger partial charge in [0.2, 0.25) is 5.91 Å². The SMILES string of the molecule is CN(CC1(C)COC1)C(=O)Cc1ccccc1C(F)(F)F. The van der Waals surface area contributed by atoms with E-state index in [1.165, 1.54) is 23.1 Å². The topological polar surface area (TPSA) is 29.5 Å². The monoisotopic (exact) mass is 301 g/mol. The van der Waals surface area contributed by atoms with Crippen molar-refractivity contribution in [2.45, 2.75) is 19.5 Å². The molecule has 1 fully saturated rings. The molecule has 3 nitrogen and oxygen atoms in total. The number of carbonyl (C=O) groups excluding carboxylic acids is 1. The van der Waals surface area contributed by atoms with Crippen molar-refractivity contribution in [3.05, 3.63) is 35.4 Å². The Morgan fingerprint density at radius 2 is 1.95 bits per heavy atom. The molecular weight excluding hydrogens is 283 g/mol. The molecule has 0 aliphatic carbocycles. The minimum absolute atomic E-state index is 0.0110. The number of benzene rings is 1. The van der Waals surface area contributed by atoms with Crippen molar-refractivity contribution in [1.29, 1.82) is 0 Å². The molecule has 1 aromatic rings. The summed E-state index contributed by atoms with van der Waals surface area (Å²) >= 11 is 0. The van der Waals surface area contributed by atoms with E-state index in [-0.39, 0.29) is 23.3 Å². The van der Waals surface area contributed by atoms with Gasteiger partial charge in [0, 0.05) is 19.0 Å². The zero-order chi connectivity index (χ0) is 15.7. The first-order valence-electron chi connectivity index (χ1n) is 6.68. The standard InChI is InChI=1S/C15H18F3NO2/c1-14(9-21-10-14)8-19(2)13(20)7-11-5-3-4-6-12(11)15(16,17)18/h3-6H,7-10H2,1-2H3. The summed E-state index contributed by atoms with van der Waals surface area (Å²) in [5.74, 6) is -0.320. The molecule has 0 unspecified atom stereocenters. The Morgan fingerprint density at radius 1 is 1.33 bits per heavy atom. The highest BCUT2D eigenvalue weighted by atomic mass is 19.4. The number of halogens is 3. The number of likely N-dealkylation sites (N-methyl/N-ethyl adjacent to an activating group) is 1. The van der Waals surface area contributed by atoms with Crippen molar-refractivity contribution >= 4 is 5.91 Å². The molecule has 0 radical (unpaired) electrons. The maximum Gasteiger partial charge on any atom is 0.416 e. The van der Waals surface area contributed by atoms with E-state index in [1.807, 2.05) is 6.92 Å². The van der Waals surface area contributed by atoms with Crippen LogP contribution in [0.3, 0.4) is 0 Å². The van der Waals surface area contributed by atoms with Crippen molar-refractivity contribution in [1.82, 2.24) is 4.90 Å². The largest absolute Gasteiger partial charge is 0.416 e. The fourth-order valence-electron chi connectivity index (χ4n) is 2.45. The van der Waals surface area contributed by atoms with Crippen LogP contribution in [0.5, 0.6) is 0 Å². The summed E-state index contributed by atoms with van der Waals surface area (Å²) in [6.07, 6.45) is -4.69. The van der Waals surface area contributed by atoms with Gasteiger partial charge in [0.25, 0.3) is 0 Å². The fraction of sp³-hybridized carbons (Fsp3) is 0.533. The normalized spacial score (nSPS) is 17.2. The smallest absolute Gasteiger partial charge is 0.380 e. The molecule has 6 heteroatoms. The van der Waals surface area contributed by atoms with Crippen LogP contribution in [0.1, 0.15) is 18.1 Å². The predicted octanol–water partition coefficient (Wildman–Crippen LogP) is 2.74. The van der Waals surface area contributed by atoms with E-state index < -0.39 is 11.7 Å². The third kappa shape index (κ3) is 3.75. The van der Waals surface area contributed by atoms with Crippen molar-refractivity contribution in [2.24, 2.45) is 5.41 Å². The lowest BCUT2D eigenvalue weighted by Crippen LogP contribution is -2.49. The van der Waals surface area contributed by atoms with Crippen LogP contribution >= 0.6 is 0 Å². The van der Waals surface area contributed by atoms with E-state index in [0.29, 0.717) is 19.8 Å². The Bertz CT molecular complexity index is 524. The number of amides is 1. The van der Waals surface area contributed by atoms with Crippen molar-refractivity contribution in [3.8, 4) is 0 Å². The molecule has 2 rings (SSSR count). The maximum absolute atomic E-state index is 12.9. The molecule has 0 atom stereocenters. The quantitative estimate of drug-likeness (QED) is 0.856. The summed E-state index contributed by atoms with van der Waals surface area (Å²) in [5, 5.41) is 0. The van der Waals surface area contributed by atoms with Gasteiger partial charge in [-0.05, 0) is 11.6 Å².